The van der Waals surface area contributed by atoms with Crippen molar-refractivity contribution in [2.45, 2.75) is 0 Å². The number of fused-ring (bicyclic) bond motifs is 1. The van der Waals surface area contributed by atoms with Crippen molar-refractivity contribution < 1.29 is 14.7 Å². The zero-order valence-electron chi connectivity index (χ0n) is 8.29. The summed E-state index contributed by atoms with van der Waals surface area (Å²) in [5, 5.41) is 27.8. The van der Waals surface area contributed by atoms with Crippen LogP contribution in [0.4, 0.5) is 0 Å². The molecule has 5 heteroatoms. The van der Waals surface area contributed by atoms with Crippen LogP contribution in [0.2, 0.25) is 0 Å². The summed E-state index contributed by atoms with van der Waals surface area (Å²) in [5.41, 5.74) is 0.523. The molecule has 2 aromatic carbocycles. The fraction of sp³-hybridized carbons (Fsp3) is 0. The summed E-state index contributed by atoms with van der Waals surface area (Å²) >= 11 is 0. The second-order valence-corrected chi connectivity index (χ2v) is 3.21. The molecule has 0 heterocycles. The summed E-state index contributed by atoms with van der Waals surface area (Å²) in [4.78, 5) is 0. The number of hydrogen-bond acceptors (Lipinski definition) is 4. The highest BCUT2D eigenvalue weighted by molar-refractivity contribution is 6.34. The van der Waals surface area contributed by atoms with Gasteiger partial charge in [0.2, 0.25) is 0 Å². The molecule has 0 aliphatic heterocycles. The second kappa shape index (κ2) is 4.23. The SMILES string of the molecule is N#Cc1ccc(OB(O)O)c2ccccc12. The molecule has 4 nitrogen and oxygen atoms in total. The van der Waals surface area contributed by atoms with Gasteiger partial charge in [0.05, 0.1) is 11.6 Å². The van der Waals surface area contributed by atoms with Crippen LogP contribution >= 0.6 is 0 Å². The third kappa shape index (κ3) is 1.84. The molecule has 0 saturated carbocycles. The molecule has 0 radical (unpaired) electrons. The number of nitrogens with zero attached hydrogens (tertiary/aromatic N) is 1. The van der Waals surface area contributed by atoms with Gasteiger partial charge >= 0.3 is 7.32 Å². The third-order valence-corrected chi connectivity index (χ3v) is 2.24. The first kappa shape index (κ1) is 10.5. The van der Waals surface area contributed by atoms with Gasteiger partial charge in [0.15, 0.2) is 0 Å². The minimum Gasteiger partial charge on any atom is -0.512 e. The van der Waals surface area contributed by atoms with Crippen LogP contribution in [0.15, 0.2) is 36.4 Å². The normalized spacial score (nSPS) is 9.81. The molecule has 0 aromatic heterocycles. The largest absolute Gasteiger partial charge is 0.707 e. The molecule has 0 amide bonds. The predicted octanol–water partition coefficient (Wildman–Crippen LogP) is 1.06. The van der Waals surface area contributed by atoms with Gasteiger partial charge in [-0.3, -0.25) is 0 Å². The second-order valence-electron chi connectivity index (χ2n) is 3.21. The zero-order valence-corrected chi connectivity index (χ0v) is 8.29. The molecule has 2 aromatic rings. The van der Waals surface area contributed by atoms with Crippen LogP contribution in [0.1, 0.15) is 5.56 Å². The van der Waals surface area contributed by atoms with E-state index in [1.54, 1.807) is 30.3 Å². The predicted molar refractivity (Wildman–Crippen MR) is 59.5 cm³/mol. The molecular weight excluding hydrogens is 205 g/mol. The number of benzene rings is 2. The van der Waals surface area contributed by atoms with Crippen LogP contribution in [0.3, 0.4) is 0 Å². The van der Waals surface area contributed by atoms with Crippen LogP contribution in [0.5, 0.6) is 5.75 Å². The van der Waals surface area contributed by atoms with Gasteiger partial charge in [0, 0.05) is 10.8 Å². The lowest BCUT2D eigenvalue weighted by Crippen LogP contribution is -2.20. The van der Waals surface area contributed by atoms with E-state index in [0.717, 1.165) is 5.39 Å². The van der Waals surface area contributed by atoms with Gasteiger partial charge in [-0.25, -0.2) is 0 Å². The Morgan fingerprint density at radius 1 is 1.06 bits per heavy atom. The molecule has 16 heavy (non-hydrogen) atoms. The van der Waals surface area contributed by atoms with E-state index in [-0.39, 0.29) is 0 Å². The van der Waals surface area contributed by atoms with E-state index < -0.39 is 7.32 Å². The summed E-state index contributed by atoms with van der Waals surface area (Å²) in [6.45, 7) is 0. The van der Waals surface area contributed by atoms with Gasteiger partial charge in [-0.05, 0) is 12.1 Å². The highest BCUT2D eigenvalue weighted by atomic mass is 16.6. The minimum absolute atomic E-state index is 0.338. The summed E-state index contributed by atoms with van der Waals surface area (Å²) in [6, 6.07) is 12.3. The smallest absolute Gasteiger partial charge is 0.512 e. The zero-order chi connectivity index (χ0) is 11.5. The van der Waals surface area contributed by atoms with Gasteiger partial charge in [-0.15, -0.1) is 0 Å². The van der Waals surface area contributed by atoms with Crippen molar-refractivity contribution in [3.05, 3.63) is 42.0 Å². The Bertz CT molecular complexity index is 563. The fourth-order valence-corrected chi connectivity index (χ4v) is 1.59. The molecule has 0 aliphatic rings. The van der Waals surface area contributed by atoms with Gasteiger partial charge in [-0.2, -0.15) is 5.26 Å². The number of nitriles is 1. The Kier molecular flexibility index (Phi) is 2.77. The molecular formula is C11H8BNO3. The first-order valence-electron chi connectivity index (χ1n) is 4.67. The van der Waals surface area contributed by atoms with Crippen LogP contribution < -0.4 is 4.65 Å². The quantitative estimate of drug-likeness (QED) is 0.731. The van der Waals surface area contributed by atoms with Crippen molar-refractivity contribution in [1.29, 1.82) is 5.26 Å². The summed E-state index contributed by atoms with van der Waals surface area (Å²) in [6.07, 6.45) is 0. The van der Waals surface area contributed by atoms with E-state index in [9.17, 15) is 0 Å². The van der Waals surface area contributed by atoms with Gasteiger partial charge in [0.1, 0.15) is 5.75 Å². The Hall–Kier alpha value is -2.03. The average Bonchev–Trinajstić information content (AvgIpc) is 2.29. The topological polar surface area (TPSA) is 73.5 Å². The van der Waals surface area contributed by atoms with E-state index in [0.29, 0.717) is 16.7 Å². The maximum atomic E-state index is 8.92. The number of hydrogen-bond donors (Lipinski definition) is 2. The van der Waals surface area contributed by atoms with Gasteiger partial charge < -0.3 is 14.7 Å². The lowest BCUT2D eigenvalue weighted by atomic mass is 10.0. The van der Waals surface area contributed by atoms with Crippen LogP contribution in [-0.4, -0.2) is 17.4 Å². The summed E-state index contributed by atoms with van der Waals surface area (Å²) in [5.74, 6) is 0.338. The maximum absolute atomic E-state index is 8.92. The lowest BCUT2D eigenvalue weighted by Gasteiger charge is -2.09. The maximum Gasteiger partial charge on any atom is 0.707 e. The molecule has 0 spiro atoms. The highest BCUT2D eigenvalue weighted by Crippen LogP contribution is 2.28. The number of rotatable bonds is 2. The van der Waals surface area contributed by atoms with E-state index in [4.69, 9.17) is 20.0 Å². The van der Waals surface area contributed by atoms with E-state index in [1.807, 2.05) is 6.07 Å². The first-order chi connectivity index (χ1) is 7.72. The van der Waals surface area contributed by atoms with Crippen molar-refractivity contribution in [2.24, 2.45) is 0 Å². The third-order valence-electron chi connectivity index (χ3n) is 2.24. The van der Waals surface area contributed by atoms with Crippen molar-refractivity contribution in [2.75, 3.05) is 0 Å². The molecule has 0 bridgehead atoms. The molecule has 0 aliphatic carbocycles. The lowest BCUT2D eigenvalue weighted by molar-refractivity contribution is 0.289. The molecule has 78 valence electrons. The monoisotopic (exact) mass is 213 g/mol. The Morgan fingerprint density at radius 3 is 2.38 bits per heavy atom. The molecule has 0 saturated heterocycles. The van der Waals surface area contributed by atoms with Gasteiger partial charge in [0.25, 0.3) is 0 Å². The first-order valence-corrected chi connectivity index (χ1v) is 4.67. The van der Waals surface area contributed by atoms with Crippen molar-refractivity contribution >= 4 is 18.1 Å². The molecule has 2 N–H and O–H groups in total. The Balaban J connectivity index is 2.66. The summed E-state index contributed by atoms with van der Waals surface area (Å²) < 4.78 is 4.83. The van der Waals surface area contributed by atoms with Crippen molar-refractivity contribution in [3.8, 4) is 11.8 Å². The fourth-order valence-electron chi connectivity index (χ4n) is 1.59. The van der Waals surface area contributed by atoms with Gasteiger partial charge in [-0.1, -0.05) is 24.3 Å². The Labute approximate surface area is 92.5 Å². The standard InChI is InChI=1S/C11H8BNO3/c13-7-8-5-6-11(16-12(14)15)10-4-2-1-3-9(8)10/h1-6,14-15H. The van der Waals surface area contributed by atoms with E-state index in [1.165, 1.54) is 0 Å². The molecule has 0 fully saturated rings. The average molecular weight is 213 g/mol. The molecule has 2 rings (SSSR count). The molecule has 0 unspecified atom stereocenters. The van der Waals surface area contributed by atoms with Crippen molar-refractivity contribution in [3.63, 3.8) is 0 Å². The molecule has 0 atom stereocenters. The highest BCUT2D eigenvalue weighted by Gasteiger charge is 2.14. The Morgan fingerprint density at radius 2 is 1.75 bits per heavy atom. The van der Waals surface area contributed by atoms with Crippen LogP contribution in [0, 0.1) is 11.3 Å². The summed E-state index contributed by atoms with van der Waals surface area (Å²) in [7, 11) is -1.86. The van der Waals surface area contributed by atoms with E-state index >= 15 is 0 Å². The van der Waals surface area contributed by atoms with Crippen LogP contribution in [0.25, 0.3) is 10.8 Å². The van der Waals surface area contributed by atoms with Crippen molar-refractivity contribution in [1.82, 2.24) is 0 Å². The minimum atomic E-state index is -1.86. The van der Waals surface area contributed by atoms with Crippen LogP contribution in [-0.2, 0) is 0 Å². The van der Waals surface area contributed by atoms with E-state index in [2.05, 4.69) is 6.07 Å².